The van der Waals surface area contributed by atoms with E-state index in [-0.39, 0.29) is 12.8 Å². The Morgan fingerprint density at radius 2 is 1.45 bits per heavy atom. The molecule has 0 aliphatic heterocycles. The number of hydrogen-bond donors (Lipinski definition) is 0. The van der Waals surface area contributed by atoms with Crippen LogP contribution in [0.4, 0.5) is 13.2 Å². The first-order valence-corrected chi connectivity index (χ1v) is 10.7. The molecule has 0 amide bonds. The predicted molar refractivity (Wildman–Crippen MR) is 113 cm³/mol. The maximum absolute atomic E-state index is 13.3. The zero-order valence-electron chi connectivity index (χ0n) is 17.7. The number of aryl methyl sites for hydroxylation is 1. The molecule has 1 atom stereocenters. The molecule has 1 saturated carbocycles. The van der Waals surface area contributed by atoms with Crippen molar-refractivity contribution in [1.29, 1.82) is 0 Å². The molecule has 0 spiro atoms. The van der Waals surface area contributed by atoms with Gasteiger partial charge >= 0.3 is 6.18 Å². The van der Waals surface area contributed by atoms with Gasteiger partial charge in [-0.15, -0.1) is 0 Å². The van der Waals surface area contributed by atoms with E-state index in [1.807, 2.05) is 18.2 Å². The molecule has 1 unspecified atom stereocenters. The molecule has 0 heterocycles. The number of halogens is 3. The summed E-state index contributed by atoms with van der Waals surface area (Å²) in [5.41, 5.74) is 1.31. The maximum atomic E-state index is 13.3. The number of nitrogens with zero attached hydrogens (tertiary/aromatic N) is 1. The van der Waals surface area contributed by atoms with Gasteiger partial charge in [0.2, 0.25) is 0 Å². The third kappa shape index (κ3) is 5.22. The molecule has 0 bridgehead atoms. The van der Waals surface area contributed by atoms with Crippen LogP contribution in [0.2, 0.25) is 0 Å². The molecule has 2 aromatic carbocycles. The highest BCUT2D eigenvalue weighted by atomic mass is 19.4. The van der Waals surface area contributed by atoms with Gasteiger partial charge in [-0.05, 0) is 69.6 Å². The van der Waals surface area contributed by atoms with Crippen LogP contribution in [0.15, 0.2) is 54.6 Å². The molecule has 2 aromatic rings. The Kier molecular flexibility index (Phi) is 6.72. The molecule has 0 N–H and O–H groups in total. The lowest BCUT2D eigenvalue weighted by molar-refractivity contribution is -0.160. The normalized spacial score (nSPS) is 17.0. The fourth-order valence-corrected chi connectivity index (χ4v) is 4.28. The molecule has 3 rings (SSSR count). The molecule has 158 valence electrons. The Morgan fingerprint density at radius 1 is 0.862 bits per heavy atom. The zero-order valence-corrected chi connectivity index (χ0v) is 17.7. The minimum Gasteiger partial charge on any atom is -0.298 e. The summed E-state index contributed by atoms with van der Waals surface area (Å²) in [6, 6.07) is 18.6. The quantitative estimate of drug-likeness (QED) is 0.459. The SMILES string of the molecule is CC(C)N(CCc1ccccc1)C(C)CCc1ccc(C2(C(F)(F)F)CC2)cc1. The minimum atomic E-state index is -4.14. The van der Waals surface area contributed by atoms with E-state index < -0.39 is 11.6 Å². The lowest BCUT2D eigenvalue weighted by atomic mass is 9.93. The van der Waals surface area contributed by atoms with Crippen LogP contribution >= 0.6 is 0 Å². The number of rotatable bonds is 9. The highest BCUT2D eigenvalue weighted by Crippen LogP contribution is 2.58. The van der Waals surface area contributed by atoms with Gasteiger partial charge < -0.3 is 0 Å². The van der Waals surface area contributed by atoms with Crippen LogP contribution in [0, 0.1) is 0 Å². The van der Waals surface area contributed by atoms with E-state index in [9.17, 15) is 13.2 Å². The van der Waals surface area contributed by atoms with E-state index in [2.05, 4.69) is 49.9 Å². The Balaban J connectivity index is 1.55. The van der Waals surface area contributed by atoms with Gasteiger partial charge in [0.25, 0.3) is 0 Å². The van der Waals surface area contributed by atoms with Crippen molar-refractivity contribution in [3.63, 3.8) is 0 Å². The summed E-state index contributed by atoms with van der Waals surface area (Å²) in [6.45, 7) is 7.71. The van der Waals surface area contributed by atoms with E-state index in [0.29, 0.717) is 17.6 Å². The Labute approximate surface area is 172 Å². The Hall–Kier alpha value is -1.81. The van der Waals surface area contributed by atoms with Crippen LogP contribution in [-0.2, 0) is 18.3 Å². The molecule has 1 aliphatic rings. The standard InChI is InChI=1S/C25H32F3N/c1-19(2)29(18-15-21-7-5-4-6-8-21)20(3)9-10-22-11-13-23(14-12-22)24(16-17-24)25(26,27)28/h4-8,11-14,19-20H,9-10,15-18H2,1-3H3. The van der Waals surface area contributed by atoms with Crippen LogP contribution in [-0.4, -0.2) is 29.7 Å². The third-order valence-electron chi connectivity index (χ3n) is 6.38. The van der Waals surface area contributed by atoms with E-state index in [0.717, 1.165) is 31.4 Å². The molecule has 29 heavy (non-hydrogen) atoms. The molecule has 0 saturated heterocycles. The van der Waals surface area contributed by atoms with Crippen molar-refractivity contribution in [1.82, 2.24) is 4.90 Å². The first kappa shape index (κ1) is 21.9. The van der Waals surface area contributed by atoms with Gasteiger partial charge in [0.1, 0.15) is 0 Å². The summed E-state index contributed by atoms with van der Waals surface area (Å²) in [5, 5.41) is 0. The van der Waals surface area contributed by atoms with Crippen molar-refractivity contribution >= 4 is 0 Å². The van der Waals surface area contributed by atoms with E-state index >= 15 is 0 Å². The van der Waals surface area contributed by atoms with Gasteiger partial charge in [0, 0.05) is 18.6 Å². The molecule has 4 heteroatoms. The zero-order chi connectivity index (χ0) is 21.1. The van der Waals surface area contributed by atoms with Crippen LogP contribution in [0.25, 0.3) is 0 Å². The fourth-order valence-electron chi connectivity index (χ4n) is 4.28. The molecule has 1 aliphatic carbocycles. The summed E-state index contributed by atoms with van der Waals surface area (Å²) in [7, 11) is 0. The first-order valence-electron chi connectivity index (χ1n) is 10.7. The number of benzene rings is 2. The average molecular weight is 404 g/mol. The van der Waals surface area contributed by atoms with E-state index in [1.165, 1.54) is 5.56 Å². The van der Waals surface area contributed by atoms with Gasteiger partial charge in [-0.25, -0.2) is 0 Å². The van der Waals surface area contributed by atoms with Gasteiger partial charge in [-0.3, -0.25) is 4.90 Å². The molecule has 1 fully saturated rings. The second-order valence-corrected chi connectivity index (χ2v) is 8.73. The van der Waals surface area contributed by atoms with Crippen molar-refractivity contribution in [2.75, 3.05) is 6.54 Å². The number of hydrogen-bond acceptors (Lipinski definition) is 1. The third-order valence-corrected chi connectivity index (χ3v) is 6.38. The fraction of sp³-hybridized carbons (Fsp3) is 0.520. The van der Waals surface area contributed by atoms with Crippen LogP contribution in [0.5, 0.6) is 0 Å². The maximum Gasteiger partial charge on any atom is 0.398 e. The van der Waals surface area contributed by atoms with E-state index in [1.54, 1.807) is 12.1 Å². The smallest absolute Gasteiger partial charge is 0.298 e. The van der Waals surface area contributed by atoms with Crippen molar-refractivity contribution in [2.45, 2.75) is 76.6 Å². The van der Waals surface area contributed by atoms with E-state index in [4.69, 9.17) is 0 Å². The second kappa shape index (κ2) is 8.91. The minimum absolute atomic E-state index is 0.220. The number of alkyl halides is 3. The monoisotopic (exact) mass is 403 g/mol. The van der Waals surface area contributed by atoms with Gasteiger partial charge in [0.05, 0.1) is 5.41 Å². The van der Waals surface area contributed by atoms with Crippen LogP contribution in [0.1, 0.15) is 56.7 Å². The molecule has 1 nitrogen and oxygen atoms in total. The average Bonchev–Trinajstić information content (AvgIpc) is 3.49. The van der Waals surface area contributed by atoms with Crippen molar-refractivity contribution in [3.05, 3.63) is 71.3 Å². The van der Waals surface area contributed by atoms with Gasteiger partial charge in [-0.2, -0.15) is 13.2 Å². The summed E-state index contributed by atoms with van der Waals surface area (Å²) < 4.78 is 39.9. The Bertz CT molecular complexity index is 761. The highest BCUT2D eigenvalue weighted by molar-refractivity contribution is 5.35. The van der Waals surface area contributed by atoms with Crippen LogP contribution in [0.3, 0.4) is 0 Å². The van der Waals surface area contributed by atoms with Crippen LogP contribution < -0.4 is 0 Å². The Morgan fingerprint density at radius 3 is 1.97 bits per heavy atom. The topological polar surface area (TPSA) is 3.24 Å². The molecular weight excluding hydrogens is 371 g/mol. The molecular formula is C25H32F3N. The largest absolute Gasteiger partial charge is 0.398 e. The second-order valence-electron chi connectivity index (χ2n) is 8.73. The summed E-state index contributed by atoms with van der Waals surface area (Å²) in [6.07, 6.45) is -0.793. The summed E-state index contributed by atoms with van der Waals surface area (Å²) >= 11 is 0. The lowest BCUT2D eigenvalue weighted by Gasteiger charge is -2.33. The predicted octanol–water partition coefficient (Wildman–Crippen LogP) is 6.55. The van der Waals surface area contributed by atoms with Gasteiger partial charge in [0.15, 0.2) is 0 Å². The molecule has 0 aromatic heterocycles. The van der Waals surface area contributed by atoms with Gasteiger partial charge in [-0.1, -0.05) is 54.6 Å². The highest BCUT2D eigenvalue weighted by Gasteiger charge is 2.64. The van der Waals surface area contributed by atoms with Crippen molar-refractivity contribution in [3.8, 4) is 0 Å². The summed E-state index contributed by atoms with van der Waals surface area (Å²) in [4.78, 5) is 2.52. The van der Waals surface area contributed by atoms with Crippen molar-refractivity contribution in [2.24, 2.45) is 0 Å². The molecule has 0 radical (unpaired) electrons. The summed E-state index contributed by atoms with van der Waals surface area (Å²) in [5.74, 6) is 0. The lowest BCUT2D eigenvalue weighted by Crippen LogP contribution is -2.40. The first-order chi connectivity index (χ1) is 13.7. The van der Waals surface area contributed by atoms with Crippen molar-refractivity contribution < 1.29 is 13.2 Å².